The van der Waals surface area contributed by atoms with E-state index in [0.717, 1.165) is 0 Å². The van der Waals surface area contributed by atoms with Crippen molar-refractivity contribution in [3.8, 4) is 0 Å². The van der Waals surface area contributed by atoms with Gasteiger partial charge < -0.3 is 13.0 Å². The average Bonchev–Trinajstić information content (AvgIpc) is 2.15. The molecule has 0 aliphatic rings. The summed E-state index contributed by atoms with van der Waals surface area (Å²) in [6, 6.07) is 0. The molecule has 5 heteroatoms. The predicted molar refractivity (Wildman–Crippen MR) is 77.2 cm³/mol. The molecule has 0 fully saturated rings. The maximum atomic E-state index is 6.14. The normalized spacial score (nSPS) is 18.8. The fourth-order valence-corrected chi connectivity index (χ4v) is 7.90. The van der Waals surface area contributed by atoms with Crippen LogP contribution in [0.5, 0.6) is 0 Å². The van der Waals surface area contributed by atoms with Crippen molar-refractivity contribution in [2.45, 2.75) is 53.0 Å². The SMILES string of the molecule is C=C[Si](C)(OC(C)C)O[Si](C)(C=C)OC(C)C. The third-order valence-corrected chi connectivity index (χ3v) is 8.69. The van der Waals surface area contributed by atoms with Gasteiger partial charge in [0.1, 0.15) is 0 Å². The summed E-state index contributed by atoms with van der Waals surface area (Å²) in [7, 11) is -4.76. The summed E-state index contributed by atoms with van der Waals surface area (Å²) in [6.45, 7) is 19.6. The minimum absolute atomic E-state index is 0.117. The molecular formula is C12H26O3Si2. The smallest absolute Gasteiger partial charge is 0.352 e. The van der Waals surface area contributed by atoms with Crippen LogP contribution in [0.3, 0.4) is 0 Å². The molecule has 0 bridgehead atoms. The van der Waals surface area contributed by atoms with E-state index >= 15 is 0 Å². The minimum atomic E-state index is -2.38. The number of hydrogen-bond donors (Lipinski definition) is 0. The zero-order valence-corrected chi connectivity index (χ0v) is 13.9. The number of rotatable bonds is 8. The third kappa shape index (κ3) is 6.33. The molecule has 0 aromatic heterocycles. The van der Waals surface area contributed by atoms with E-state index in [-0.39, 0.29) is 12.2 Å². The quantitative estimate of drug-likeness (QED) is 0.635. The van der Waals surface area contributed by atoms with Crippen LogP contribution in [-0.4, -0.2) is 29.3 Å². The second-order valence-electron chi connectivity index (χ2n) is 4.88. The van der Waals surface area contributed by atoms with Crippen molar-refractivity contribution in [3.05, 3.63) is 24.6 Å². The van der Waals surface area contributed by atoms with Crippen LogP contribution in [0.4, 0.5) is 0 Å². The first-order valence-corrected chi connectivity index (χ1v) is 10.8. The van der Waals surface area contributed by atoms with Gasteiger partial charge in [-0.15, -0.1) is 13.2 Å². The predicted octanol–water partition coefficient (Wildman–Crippen LogP) is 3.45. The highest BCUT2D eigenvalue weighted by Gasteiger charge is 2.40. The molecule has 0 saturated heterocycles. The van der Waals surface area contributed by atoms with Crippen molar-refractivity contribution in [1.29, 1.82) is 0 Å². The first kappa shape index (κ1) is 16.8. The molecule has 0 saturated carbocycles. The lowest BCUT2D eigenvalue weighted by Crippen LogP contribution is -2.52. The zero-order valence-electron chi connectivity index (χ0n) is 11.9. The van der Waals surface area contributed by atoms with E-state index in [4.69, 9.17) is 13.0 Å². The highest BCUT2D eigenvalue weighted by Crippen LogP contribution is 2.21. The van der Waals surface area contributed by atoms with Crippen LogP contribution in [-0.2, 0) is 13.0 Å². The van der Waals surface area contributed by atoms with Crippen LogP contribution in [0.15, 0.2) is 24.6 Å². The first-order chi connectivity index (χ1) is 7.66. The van der Waals surface area contributed by atoms with Crippen molar-refractivity contribution < 1.29 is 13.0 Å². The average molecular weight is 275 g/mol. The molecule has 0 aliphatic heterocycles. The Hall–Kier alpha value is -0.206. The molecule has 0 rings (SSSR count). The summed E-state index contributed by atoms with van der Waals surface area (Å²) in [5.74, 6) is 0. The van der Waals surface area contributed by atoms with E-state index in [9.17, 15) is 0 Å². The van der Waals surface area contributed by atoms with Crippen molar-refractivity contribution in [1.82, 2.24) is 0 Å². The van der Waals surface area contributed by atoms with Gasteiger partial charge in [0.05, 0.1) is 0 Å². The van der Waals surface area contributed by atoms with Crippen molar-refractivity contribution in [2.75, 3.05) is 0 Å². The Morgan fingerprint density at radius 3 is 1.29 bits per heavy atom. The summed E-state index contributed by atoms with van der Waals surface area (Å²) in [6.07, 6.45) is 0.235. The second-order valence-corrected chi connectivity index (χ2v) is 11.0. The Balaban J connectivity index is 4.82. The largest absolute Gasteiger partial charge is 0.409 e. The van der Waals surface area contributed by atoms with E-state index in [0.29, 0.717) is 0 Å². The maximum Gasteiger partial charge on any atom is 0.352 e. The Morgan fingerprint density at radius 1 is 0.824 bits per heavy atom. The van der Waals surface area contributed by atoms with Crippen LogP contribution in [0.25, 0.3) is 0 Å². The van der Waals surface area contributed by atoms with Crippen LogP contribution in [0, 0.1) is 0 Å². The van der Waals surface area contributed by atoms with Gasteiger partial charge in [0.25, 0.3) is 0 Å². The van der Waals surface area contributed by atoms with Crippen molar-refractivity contribution >= 4 is 17.1 Å². The van der Waals surface area contributed by atoms with Gasteiger partial charge in [-0.1, -0.05) is 11.4 Å². The van der Waals surface area contributed by atoms with Gasteiger partial charge in [-0.25, -0.2) is 0 Å². The van der Waals surface area contributed by atoms with E-state index in [1.807, 2.05) is 40.8 Å². The molecule has 2 unspecified atom stereocenters. The van der Waals surface area contributed by atoms with Gasteiger partial charge in [0.2, 0.25) is 0 Å². The van der Waals surface area contributed by atoms with Gasteiger partial charge in [-0.05, 0) is 40.8 Å². The molecule has 17 heavy (non-hydrogen) atoms. The molecule has 0 spiro atoms. The van der Waals surface area contributed by atoms with Crippen molar-refractivity contribution in [2.24, 2.45) is 0 Å². The monoisotopic (exact) mass is 274 g/mol. The zero-order chi connectivity index (χ0) is 13.7. The maximum absolute atomic E-state index is 6.14. The highest BCUT2D eigenvalue weighted by molar-refractivity contribution is 6.84. The van der Waals surface area contributed by atoms with E-state index in [1.165, 1.54) is 0 Å². The summed E-state index contributed by atoms with van der Waals surface area (Å²) < 4.78 is 17.9. The molecule has 3 nitrogen and oxygen atoms in total. The summed E-state index contributed by atoms with van der Waals surface area (Å²) in [4.78, 5) is 0. The van der Waals surface area contributed by atoms with Gasteiger partial charge in [-0.3, -0.25) is 0 Å². The molecule has 0 aliphatic carbocycles. The fraction of sp³-hybridized carbons (Fsp3) is 0.667. The molecule has 0 amide bonds. The standard InChI is InChI=1S/C12H26O3Si2/c1-9-16(7,13-11(3)4)15-17(8,10-2)14-12(5)6/h9-12H,1-2H2,3-8H3. The van der Waals surface area contributed by atoms with Gasteiger partial charge in [-0.2, -0.15) is 0 Å². The third-order valence-electron chi connectivity index (χ3n) is 2.09. The van der Waals surface area contributed by atoms with Crippen LogP contribution in [0.2, 0.25) is 13.1 Å². The summed E-state index contributed by atoms with van der Waals surface area (Å²) in [5.41, 5.74) is 3.59. The van der Waals surface area contributed by atoms with Gasteiger partial charge in [0, 0.05) is 12.2 Å². The lowest BCUT2D eigenvalue weighted by Gasteiger charge is -2.35. The molecular weight excluding hydrogens is 248 g/mol. The summed E-state index contributed by atoms with van der Waals surface area (Å²) >= 11 is 0. The first-order valence-electron chi connectivity index (χ1n) is 5.99. The van der Waals surface area contributed by atoms with E-state index in [1.54, 1.807) is 11.4 Å². The Morgan fingerprint density at radius 2 is 1.12 bits per heavy atom. The number of hydrogen-bond acceptors (Lipinski definition) is 3. The Kier molecular flexibility index (Phi) is 6.57. The van der Waals surface area contributed by atoms with E-state index in [2.05, 4.69) is 13.2 Å². The molecule has 0 aromatic rings. The minimum Gasteiger partial charge on any atom is -0.409 e. The van der Waals surface area contributed by atoms with E-state index < -0.39 is 17.1 Å². The lowest BCUT2D eigenvalue weighted by atomic mass is 10.5. The fourth-order valence-electron chi connectivity index (χ4n) is 1.57. The molecule has 0 heterocycles. The second kappa shape index (κ2) is 6.65. The topological polar surface area (TPSA) is 27.7 Å². The van der Waals surface area contributed by atoms with Crippen LogP contribution in [0.1, 0.15) is 27.7 Å². The Bertz CT molecular complexity index is 242. The van der Waals surface area contributed by atoms with Crippen LogP contribution >= 0.6 is 0 Å². The molecule has 2 atom stereocenters. The molecule has 0 N–H and O–H groups in total. The molecule has 100 valence electrons. The summed E-state index contributed by atoms with van der Waals surface area (Å²) in [5, 5.41) is 0. The molecule has 0 radical (unpaired) electrons. The Labute approximate surface area is 108 Å². The van der Waals surface area contributed by atoms with Crippen LogP contribution < -0.4 is 0 Å². The lowest BCUT2D eigenvalue weighted by molar-refractivity contribution is 0.150. The van der Waals surface area contributed by atoms with Gasteiger partial charge >= 0.3 is 17.1 Å². The van der Waals surface area contributed by atoms with Gasteiger partial charge in [0.15, 0.2) is 0 Å². The van der Waals surface area contributed by atoms with Crippen molar-refractivity contribution in [3.63, 3.8) is 0 Å². The molecule has 0 aromatic carbocycles. The highest BCUT2D eigenvalue weighted by atomic mass is 28.5.